The lowest BCUT2D eigenvalue weighted by Crippen LogP contribution is -2.51. The van der Waals surface area contributed by atoms with Crippen molar-refractivity contribution in [2.75, 3.05) is 12.8 Å². The van der Waals surface area contributed by atoms with E-state index in [2.05, 4.69) is 10.5 Å². The van der Waals surface area contributed by atoms with Crippen molar-refractivity contribution in [1.29, 1.82) is 0 Å². The molecule has 0 heterocycles. The van der Waals surface area contributed by atoms with E-state index < -0.39 is 16.2 Å². The lowest BCUT2D eigenvalue weighted by Gasteiger charge is -2.30. The maximum absolute atomic E-state index is 12.5. The molecule has 0 aromatic rings. The number of oxime groups is 1. The van der Waals surface area contributed by atoms with Crippen molar-refractivity contribution in [3.05, 3.63) is 0 Å². The number of rotatable bonds is 5. The van der Waals surface area contributed by atoms with Gasteiger partial charge >= 0.3 is 0 Å². The Morgan fingerprint density at radius 2 is 1.95 bits per heavy atom. The van der Waals surface area contributed by atoms with Crippen LogP contribution in [0, 0.1) is 5.41 Å². The van der Waals surface area contributed by atoms with Gasteiger partial charge in [0.2, 0.25) is 5.91 Å². The third kappa shape index (κ3) is 3.94. The number of carbonyl (C=O) groups is 1. The molecule has 6 nitrogen and oxygen atoms in total. The minimum Gasteiger partial charge on any atom is -0.409 e. The van der Waals surface area contributed by atoms with Gasteiger partial charge in [-0.05, 0) is 19.8 Å². The number of amides is 1. The molecule has 0 spiro atoms. The highest BCUT2D eigenvalue weighted by molar-refractivity contribution is 7.84. The maximum Gasteiger partial charge on any atom is 0.233 e. The van der Waals surface area contributed by atoms with Gasteiger partial charge in [-0.1, -0.05) is 30.8 Å². The number of carbonyl (C=O) groups excluding carboxylic acids is 1. The predicted octanol–water partition coefficient (Wildman–Crippen LogP) is 0.957. The van der Waals surface area contributed by atoms with Gasteiger partial charge in [0, 0.05) is 28.9 Å². The Kier molecular flexibility index (Phi) is 6.45. The van der Waals surface area contributed by atoms with Crippen LogP contribution in [0.1, 0.15) is 45.4 Å². The van der Waals surface area contributed by atoms with Crippen LogP contribution in [-0.4, -0.2) is 39.2 Å². The molecule has 1 fully saturated rings. The summed E-state index contributed by atoms with van der Waals surface area (Å²) in [6.07, 6.45) is 6.70. The van der Waals surface area contributed by atoms with E-state index in [9.17, 15) is 9.00 Å². The van der Waals surface area contributed by atoms with Gasteiger partial charge in [-0.3, -0.25) is 9.00 Å². The summed E-state index contributed by atoms with van der Waals surface area (Å²) in [6, 6.07) is 0. The van der Waals surface area contributed by atoms with Crippen molar-refractivity contribution in [3.8, 4) is 0 Å². The average molecular weight is 303 g/mol. The van der Waals surface area contributed by atoms with E-state index in [1.165, 1.54) is 0 Å². The molecule has 0 saturated heterocycles. The first-order valence-electron chi connectivity index (χ1n) is 7.02. The second kappa shape index (κ2) is 7.61. The van der Waals surface area contributed by atoms with E-state index in [1.807, 2.05) is 6.92 Å². The van der Waals surface area contributed by atoms with Crippen molar-refractivity contribution >= 4 is 22.5 Å². The van der Waals surface area contributed by atoms with E-state index in [0.717, 1.165) is 25.7 Å². The Morgan fingerprint density at radius 1 is 1.40 bits per heavy atom. The summed E-state index contributed by atoms with van der Waals surface area (Å²) >= 11 is 0. The normalized spacial score (nSPS) is 22.6. The molecule has 2 atom stereocenters. The van der Waals surface area contributed by atoms with Crippen molar-refractivity contribution in [2.24, 2.45) is 16.3 Å². The molecular weight excluding hydrogens is 278 g/mol. The first-order chi connectivity index (χ1) is 9.44. The molecule has 1 saturated carbocycles. The highest BCUT2D eigenvalue weighted by atomic mass is 32.2. The van der Waals surface area contributed by atoms with Crippen LogP contribution in [0.2, 0.25) is 0 Å². The molecule has 7 heteroatoms. The summed E-state index contributed by atoms with van der Waals surface area (Å²) in [4.78, 5) is 12.5. The highest BCUT2D eigenvalue weighted by Crippen LogP contribution is 2.35. The van der Waals surface area contributed by atoms with Gasteiger partial charge in [-0.25, -0.2) is 0 Å². The lowest BCUT2D eigenvalue weighted by molar-refractivity contribution is -0.128. The summed E-state index contributed by atoms with van der Waals surface area (Å²) in [5.74, 6) is -0.228. The molecule has 0 bridgehead atoms. The van der Waals surface area contributed by atoms with Gasteiger partial charge < -0.3 is 16.3 Å². The minimum absolute atomic E-state index is 0.0119. The Balaban J connectivity index is 2.82. The van der Waals surface area contributed by atoms with Crippen LogP contribution in [-0.2, 0) is 15.6 Å². The molecule has 20 heavy (non-hydrogen) atoms. The van der Waals surface area contributed by atoms with Gasteiger partial charge in [-0.15, -0.1) is 0 Å². The second-order valence-corrected chi connectivity index (χ2v) is 7.30. The van der Waals surface area contributed by atoms with E-state index in [-0.39, 0.29) is 17.0 Å². The molecule has 4 N–H and O–H groups in total. The zero-order chi connectivity index (χ0) is 15.2. The Bertz CT molecular complexity index is 390. The van der Waals surface area contributed by atoms with Gasteiger partial charge in [0.1, 0.15) is 5.41 Å². The monoisotopic (exact) mass is 303 g/mol. The Labute approximate surface area is 122 Å². The summed E-state index contributed by atoms with van der Waals surface area (Å²) in [6.45, 7) is 2.15. The number of nitrogens with zero attached hydrogens (tertiary/aromatic N) is 1. The Morgan fingerprint density at radius 3 is 2.40 bits per heavy atom. The fourth-order valence-corrected chi connectivity index (χ4v) is 2.87. The van der Waals surface area contributed by atoms with Crippen molar-refractivity contribution in [1.82, 2.24) is 5.32 Å². The molecule has 1 aliphatic carbocycles. The summed E-state index contributed by atoms with van der Waals surface area (Å²) in [5, 5.41) is 14.8. The van der Waals surface area contributed by atoms with Crippen LogP contribution in [0.25, 0.3) is 0 Å². The van der Waals surface area contributed by atoms with Crippen LogP contribution in [0.4, 0.5) is 0 Å². The minimum atomic E-state index is -0.987. The summed E-state index contributed by atoms with van der Waals surface area (Å²) < 4.78 is 11.3. The summed E-state index contributed by atoms with van der Waals surface area (Å²) in [7, 11) is -0.987. The van der Waals surface area contributed by atoms with Crippen LogP contribution < -0.4 is 11.1 Å². The molecule has 2 unspecified atom stereocenters. The predicted molar refractivity (Wildman–Crippen MR) is 80.1 cm³/mol. The fourth-order valence-electron chi connectivity index (χ4n) is 2.55. The van der Waals surface area contributed by atoms with Crippen LogP contribution in [0.15, 0.2) is 5.16 Å². The van der Waals surface area contributed by atoms with Crippen LogP contribution >= 0.6 is 0 Å². The SMILES string of the molecule is CC(CNC(=O)C1(C(N)=NO)CCCCCC1)S(C)=O. The van der Waals surface area contributed by atoms with Gasteiger partial charge in [-0.2, -0.15) is 0 Å². The van der Waals surface area contributed by atoms with E-state index in [0.29, 0.717) is 19.4 Å². The first kappa shape index (κ1) is 16.9. The number of amidine groups is 1. The number of hydrogen-bond acceptors (Lipinski definition) is 4. The van der Waals surface area contributed by atoms with Crippen LogP contribution in [0.3, 0.4) is 0 Å². The highest BCUT2D eigenvalue weighted by Gasteiger charge is 2.43. The van der Waals surface area contributed by atoms with Crippen molar-refractivity contribution < 1.29 is 14.2 Å². The smallest absolute Gasteiger partial charge is 0.233 e. The lowest BCUT2D eigenvalue weighted by atomic mass is 9.78. The van der Waals surface area contributed by atoms with E-state index in [4.69, 9.17) is 10.9 Å². The molecule has 0 aromatic heterocycles. The van der Waals surface area contributed by atoms with Gasteiger partial charge in [0.05, 0.1) is 0 Å². The number of nitrogens with one attached hydrogen (secondary N) is 1. The molecular formula is C13H25N3O3S. The standard InChI is InChI=1S/C13H25N3O3S/c1-10(20(2)19)9-15-12(17)13(11(14)16-18)7-5-3-4-6-8-13/h10,18H,3-9H2,1-2H3,(H2,14,16)(H,15,17). The second-order valence-electron chi connectivity index (χ2n) is 5.50. The van der Waals surface area contributed by atoms with Crippen molar-refractivity contribution in [2.45, 2.75) is 50.7 Å². The zero-order valence-electron chi connectivity index (χ0n) is 12.2. The molecule has 1 rings (SSSR count). The average Bonchev–Trinajstić information content (AvgIpc) is 2.69. The van der Waals surface area contributed by atoms with Gasteiger partial charge in [0.15, 0.2) is 5.84 Å². The van der Waals surface area contributed by atoms with E-state index >= 15 is 0 Å². The van der Waals surface area contributed by atoms with E-state index in [1.54, 1.807) is 6.26 Å². The van der Waals surface area contributed by atoms with Crippen molar-refractivity contribution in [3.63, 3.8) is 0 Å². The molecule has 0 aliphatic heterocycles. The van der Waals surface area contributed by atoms with Crippen LogP contribution in [0.5, 0.6) is 0 Å². The number of nitrogens with two attached hydrogens (primary N) is 1. The third-order valence-corrected chi connectivity index (χ3v) is 5.41. The fraction of sp³-hybridized carbons (Fsp3) is 0.846. The topological polar surface area (TPSA) is 105 Å². The zero-order valence-corrected chi connectivity index (χ0v) is 13.0. The summed E-state index contributed by atoms with van der Waals surface area (Å²) in [5.41, 5.74) is 4.88. The molecule has 0 radical (unpaired) electrons. The molecule has 116 valence electrons. The van der Waals surface area contributed by atoms with Gasteiger partial charge in [0.25, 0.3) is 0 Å². The molecule has 1 amide bonds. The number of hydrogen-bond donors (Lipinski definition) is 3. The largest absolute Gasteiger partial charge is 0.409 e. The first-order valence-corrected chi connectivity index (χ1v) is 8.64. The third-order valence-electron chi connectivity index (χ3n) is 4.11. The molecule has 1 aliphatic rings. The maximum atomic E-state index is 12.5. The quantitative estimate of drug-likeness (QED) is 0.231. The molecule has 0 aromatic carbocycles. The Hall–Kier alpha value is -1.11.